The molecule has 0 heterocycles. The van der Waals surface area contributed by atoms with Crippen LogP contribution in [0.5, 0.6) is 0 Å². The van der Waals surface area contributed by atoms with Crippen molar-refractivity contribution in [2.24, 2.45) is 0 Å². The molecule has 19 heavy (non-hydrogen) atoms. The molecule has 0 bridgehead atoms. The zero-order valence-corrected chi connectivity index (χ0v) is 13.5. The van der Waals surface area contributed by atoms with Crippen molar-refractivity contribution in [3.63, 3.8) is 0 Å². The Bertz CT molecular complexity index is 505. The average molecular weight is 346 g/mol. The third-order valence-corrected chi connectivity index (χ3v) is 3.92. The Kier molecular flexibility index (Phi) is 5.87. The molecule has 104 valence electrons. The van der Waals surface area contributed by atoms with E-state index in [0.717, 1.165) is 21.3 Å². The van der Waals surface area contributed by atoms with Crippen LogP contribution in [0.1, 0.15) is 11.1 Å². The van der Waals surface area contributed by atoms with E-state index in [-0.39, 0.29) is 18.2 Å². The number of hydrogen-bond donors (Lipinski definition) is 1. The third kappa shape index (κ3) is 3.73. The van der Waals surface area contributed by atoms with E-state index in [1.165, 1.54) is 12.0 Å². The first kappa shape index (κ1) is 16.0. The molecule has 0 saturated heterocycles. The SMILES string of the molecule is COC(=O)CN(C(=O)CS)c1c(C)ccc(Br)c1C. The van der Waals surface area contributed by atoms with E-state index in [9.17, 15) is 9.59 Å². The standard InChI is InChI=1S/C13H16BrNO3S/c1-8-4-5-10(14)9(2)13(8)15(11(16)7-19)6-12(17)18-3/h4-5,19H,6-7H2,1-3H3. The monoisotopic (exact) mass is 345 g/mol. The lowest BCUT2D eigenvalue weighted by Gasteiger charge is -2.25. The fourth-order valence-electron chi connectivity index (χ4n) is 1.80. The maximum Gasteiger partial charge on any atom is 0.325 e. The Morgan fingerprint density at radius 1 is 1.37 bits per heavy atom. The zero-order valence-electron chi connectivity index (χ0n) is 11.1. The van der Waals surface area contributed by atoms with Gasteiger partial charge in [-0.15, -0.1) is 0 Å². The lowest BCUT2D eigenvalue weighted by atomic mass is 10.1. The number of ether oxygens (including phenoxy) is 1. The van der Waals surface area contributed by atoms with Gasteiger partial charge in [0.25, 0.3) is 0 Å². The maximum atomic E-state index is 12.0. The number of amides is 1. The van der Waals surface area contributed by atoms with Crippen LogP contribution in [-0.4, -0.2) is 31.3 Å². The van der Waals surface area contributed by atoms with E-state index < -0.39 is 5.97 Å². The van der Waals surface area contributed by atoms with Crippen LogP contribution in [0.4, 0.5) is 5.69 Å². The number of anilines is 1. The molecule has 0 spiro atoms. The van der Waals surface area contributed by atoms with Gasteiger partial charge < -0.3 is 4.74 Å². The van der Waals surface area contributed by atoms with Gasteiger partial charge in [0, 0.05) is 4.47 Å². The van der Waals surface area contributed by atoms with Gasteiger partial charge in [-0.1, -0.05) is 22.0 Å². The number of aryl methyl sites for hydroxylation is 1. The van der Waals surface area contributed by atoms with Crippen molar-refractivity contribution in [3.05, 3.63) is 27.7 Å². The first-order valence-corrected chi connectivity index (χ1v) is 7.08. The molecule has 0 radical (unpaired) electrons. The summed E-state index contributed by atoms with van der Waals surface area (Å²) in [5.74, 6) is -0.672. The van der Waals surface area contributed by atoms with Gasteiger partial charge in [0.15, 0.2) is 0 Å². The van der Waals surface area contributed by atoms with Crippen LogP contribution in [0.3, 0.4) is 0 Å². The van der Waals surface area contributed by atoms with Gasteiger partial charge in [-0.3, -0.25) is 14.5 Å². The summed E-state index contributed by atoms with van der Waals surface area (Å²) in [5.41, 5.74) is 2.54. The molecule has 0 aliphatic rings. The minimum absolute atomic E-state index is 0.0301. The van der Waals surface area contributed by atoms with Crippen molar-refractivity contribution in [1.82, 2.24) is 0 Å². The molecule has 0 unspecified atom stereocenters. The van der Waals surface area contributed by atoms with Crippen molar-refractivity contribution < 1.29 is 14.3 Å². The molecule has 1 aromatic rings. The lowest BCUT2D eigenvalue weighted by Crippen LogP contribution is -2.38. The van der Waals surface area contributed by atoms with E-state index in [1.54, 1.807) is 0 Å². The molecule has 0 aliphatic carbocycles. The second-order valence-electron chi connectivity index (χ2n) is 4.05. The van der Waals surface area contributed by atoms with Crippen molar-refractivity contribution in [2.75, 3.05) is 24.3 Å². The fraction of sp³-hybridized carbons (Fsp3) is 0.385. The molecule has 0 aliphatic heterocycles. The van der Waals surface area contributed by atoms with E-state index in [2.05, 4.69) is 33.3 Å². The van der Waals surface area contributed by atoms with Crippen LogP contribution >= 0.6 is 28.6 Å². The summed E-state index contributed by atoms with van der Waals surface area (Å²) in [6, 6.07) is 3.80. The number of carbonyl (C=O) groups is 2. The fourth-order valence-corrected chi connectivity index (χ4v) is 2.29. The number of halogens is 1. The molecule has 1 aromatic carbocycles. The molecular formula is C13H16BrNO3S. The van der Waals surface area contributed by atoms with Gasteiger partial charge in [-0.2, -0.15) is 12.6 Å². The first-order chi connectivity index (χ1) is 8.92. The number of rotatable bonds is 4. The van der Waals surface area contributed by atoms with Crippen molar-refractivity contribution in [3.8, 4) is 0 Å². The highest BCUT2D eigenvalue weighted by Gasteiger charge is 2.22. The summed E-state index contributed by atoms with van der Waals surface area (Å²) in [4.78, 5) is 24.9. The Morgan fingerprint density at radius 3 is 2.53 bits per heavy atom. The molecule has 6 heteroatoms. The van der Waals surface area contributed by atoms with Crippen LogP contribution in [0.15, 0.2) is 16.6 Å². The second kappa shape index (κ2) is 6.96. The average Bonchev–Trinajstić information content (AvgIpc) is 2.41. The minimum atomic E-state index is -0.464. The number of esters is 1. The number of carbonyl (C=O) groups excluding carboxylic acids is 2. The molecule has 4 nitrogen and oxygen atoms in total. The van der Waals surface area contributed by atoms with E-state index >= 15 is 0 Å². The smallest absolute Gasteiger partial charge is 0.325 e. The first-order valence-electron chi connectivity index (χ1n) is 5.66. The second-order valence-corrected chi connectivity index (χ2v) is 5.22. The van der Waals surface area contributed by atoms with Crippen LogP contribution in [0, 0.1) is 13.8 Å². The van der Waals surface area contributed by atoms with Crippen molar-refractivity contribution >= 4 is 46.1 Å². The van der Waals surface area contributed by atoms with Crippen molar-refractivity contribution in [1.29, 1.82) is 0 Å². The molecular weight excluding hydrogens is 330 g/mol. The van der Waals surface area contributed by atoms with Crippen LogP contribution in [0.25, 0.3) is 0 Å². The Labute approximate surface area is 126 Å². The Balaban J connectivity index is 3.28. The quantitative estimate of drug-likeness (QED) is 0.673. The third-order valence-electron chi connectivity index (χ3n) is 2.79. The maximum absolute atomic E-state index is 12.0. The summed E-state index contributed by atoms with van der Waals surface area (Å²) < 4.78 is 5.52. The van der Waals surface area contributed by atoms with Gasteiger partial charge in [0.2, 0.25) is 5.91 Å². The summed E-state index contributed by atoms with van der Waals surface area (Å²) in [5, 5.41) is 0. The molecule has 1 rings (SSSR count). The lowest BCUT2D eigenvalue weighted by molar-refractivity contribution is -0.139. The van der Waals surface area contributed by atoms with Gasteiger partial charge in [0.1, 0.15) is 6.54 Å². The van der Waals surface area contributed by atoms with Crippen LogP contribution in [-0.2, 0) is 14.3 Å². The van der Waals surface area contributed by atoms with Gasteiger partial charge in [-0.25, -0.2) is 0 Å². The largest absolute Gasteiger partial charge is 0.468 e. The minimum Gasteiger partial charge on any atom is -0.468 e. The summed E-state index contributed by atoms with van der Waals surface area (Å²) in [6.07, 6.45) is 0. The zero-order chi connectivity index (χ0) is 14.6. The Hall–Kier alpha value is -1.01. The van der Waals surface area contributed by atoms with Crippen molar-refractivity contribution in [2.45, 2.75) is 13.8 Å². The highest BCUT2D eigenvalue weighted by Crippen LogP contribution is 2.30. The molecule has 0 N–H and O–H groups in total. The molecule has 1 amide bonds. The molecule has 0 atom stereocenters. The Morgan fingerprint density at radius 2 is 2.00 bits per heavy atom. The number of nitrogens with zero attached hydrogens (tertiary/aromatic N) is 1. The summed E-state index contributed by atoms with van der Waals surface area (Å²) in [6.45, 7) is 3.67. The van der Waals surface area contributed by atoms with E-state index in [4.69, 9.17) is 0 Å². The molecule has 0 aromatic heterocycles. The summed E-state index contributed by atoms with van der Waals surface area (Å²) in [7, 11) is 1.30. The number of thiol groups is 1. The number of methoxy groups -OCH3 is 1. The highest BCUT2D eigenvalue weighted by molar-refractivity contribution is 9.10. The van der Waals surface area contributed by atoms with Gasteiger partial charge in [-0.05, 0) is 31.0 Å². The molecule has 0 saturated carbocycles. The van der Waals surface area contributed by atoms with Crippen LogP contribution < -0.4 is 4.90 Å². The highest BCUT2D eigenvalue weighted by atomic mass is 79.9. The number of hydrogen-bond acceptors (Lipinski definition) is 4. The van der Waals surface area contributed by atoms with E-state index in [1.807, 2.05) is 26.0 Å². The summed E-state index contributed by atoms with van der Waals surface area (Å²) >= 11 is 7.43. The predicted octanol–water partition coefficient (Wildman–Crippen LogP) is 2.50. The van der Waals surface area contributed by atoms with Gasteiger partial charge >= 0.3 is 5.97 Å². The molecule has 0 fully saturated rings. The topological polar surface area (TPSA) is 46.6 Å². The predicted molar refractivity (Wildman–Crippen MR) is 81.8 cm³/mol. The van der Waals surface area contributed by atoms with E-state index in [0.29, 0.717) is 0 Å². The van der Waals surface area contributed by atoms with Gasteiger partial charge in [0.05, 0.1) is 18.6 Å². The normalized spacial score (nSPS) is 10.2. The number of benzene rings is 1. The van der Waals surface area contributed by atoms with Crippen LogP contribution in [0.2, 0.25) is 0 Å².